The highest BCUT2D eigenvalue weighted by Gasteiger charge is 2.09. The minimum atomic E-state index is -0.973. The second-order valence-electron chi connectivity index (χ2n) is 4.33. The maximum absolute atomic E-state index is 10.9. The quantitative estimate of drug-likeness (QED) is 0.609. The van der Waals surface area contributed by atoms with Gasteiger partial charge in [-0.25, -0.2) is 4.79 Å². The van der Waals surface area contributed by atoms with Crippen LogP contribution in [-0.4, -0.2) is 16.8 Å². The lowest BCUT2D eigenvalue weighted by molar-refractivity contribution is 0.0697. The lowest BCUT2D eigenvalue weighted by Gasteiger charge is -2.06. The number of aromatic carboxylic acids is 1. The molecule has 1 N–H and O–H groups in total. The number of hydrogen-bond acceptors (Lipinski definition) is 2. The lowest BCUT2D eigenvalue weighted by Crippen LogP contribution is -1.97. The van der Waals surface area contributed by atoms with Gasteiger partial charge < -0.3 is 5.11 Å². The zero-order valence-electron chi connectivity index (χ0n) is 10.1. The van der Waals surface area contributed by atoms with E-state index < -0.39 is 5.97 Å². The molecule has 0 unspecified atom stereocenters. The van der Waals surface area contributed by atoms with Gasteiger partial charge in [0.05, 0.1) is 10.6 Å². The van der Waals surface area contributed by atoms with Crippen molar-refractivity contribution in [3.8, 4) is 0 Å². The largest absolute Gasteiger partial charge is 0.478 e. The maximum atomic E-state index is 10.9. The summed E-state index contributed by atoms with van der Waals surface area (Å²) in [6, 6.07) is 5.16. The van der Waals surface area contributed by atoms with E-state index in [-0.39, 0.29) is 5.56 Å². The van der Waals surface area contributed by atoms with Gasteiger partial charge in [-0.1, -0.05) is 31.9 Å². The Kier molecular flexibility index (Phi) is 5.86. The van der Waals surface area contributed by atoms with Crippen molar-refractivity contribution >= 4 is 29.3 Å². The molecule has 2 nitrogen and oxygen atoms in total. The van der Waals surface area contributed by atoms with Gasteiger partial charge in [-0.3, -0.25) is 0 Å². The zero-order chi connectivity index (χ0) is 12.8. The fourth-order valence-corrected chi connectivity index (χ4v) is 2.55. The molecule has 0 atom stereocenters. The third-order valence-corrected chi connectivity index (χ3v) is 3.77. The van der Waals surface area contributed by atoms with Gasteiger partial charge in [-0.15, -0.1) is 11.8 Å². The predicted molar refractivity (Wildman–Crippen MR) is 73.2 cm³/mol. The first-order valence-electron chi connectivity index (χ1n) is 5.66. The number of carboxylic acid groups (broad SMARTS) is 1. The van der Waals surface area contributed by atoms with Crippen molar-refractivity contribution in [1.29, 1.82) is 0 Å². The third kappa shape index (κ3) is 5.00. The zero-order valence-corrected chi connectivity index (χ0v) is 11.6. The third-order valence-electron chi connectivity index (χ3n) is 2.36. The number of hydrogen-bond donors (Lipinski definition) is 1. The minimum absolute atomic E-state index is 0.181. The fourth-order valence-electron chi connectivity index (χ4n) is 1.44. The standard InChI is InChI=1S/C13H17ClO2S/c1-9(2)4-3-7-17-10-5-6-12(14)11(8-10)13(15)16/h5-6,8-9H,3-4,7H2,1-2H3,(H,15,16). The van der Waals surface area contributed by atoms with Crippen molar-refractivity contribution in [2.24, 2.45) is 5.92 Å². The molecule has 94 valence electrons. The molecule has 0 aliphatic heterocycles. The van der Waals surface area contributed by atoms with Gasteiger partial charge in [-0.2, -0.15) is 0 Å². The highest BCUT2D eigenvalue weighted by atomic mass is 35.5. The molecule has 0 saturated heterocycles. The smallest absolute Gasteiger partial charge is 0.337 e. The summed E-state index contributed by atoms with van der Waals surface area (Å²) in [6.45, 7) is 4.41. The lowest BCUT2D eigenvalue weighted by atomic mass is 10.1. The van der Waals surface area contributed by atoms with E-state index in [2.05, 4.69) is 13.8 Å². The van der Waals surface area contributed by atoms with Crippen LogP contribution in [-0.2, 0) is 0 Å². The summed E-state index contributed by atoms with van der Waals surface area (Å²) in [5, 5.41) is 9.24. The molecule has 0 amide bonds. The van der Waals surface area contributed by atoms with Crippen LogP contribution in [0.2, 0.25) is 5.02 Å². The number of halogens is 1. The Balaban J connectivity index is 2.54. The van der Waals surface area contributed by atoms with Crippen LogP contribution in [0.4, 0.5) is 0 Å². The number of benzene rings is 1. The second kappa shape index (κ2) is 6.92. The van der Waals surface area contributed by atoms with E-state index in [1.165, 1.54) is 6.42 Å². The average molecular weight is 273 g/mol. The van der Waals surface area contributed by atoms with Gasteiger partial charge >= 0.3 is 5.97 Å². The average Bonchev–Trinajstić information content (AvgIpc) is 2.25. The summed E-state index contributed by atoms with van der Waals surface area (Å²) in [5.41, 5.74) is 0.181. The number of carboxylic acids is 1. The first kappa shape index (κ1) is 14.4. The molecule has 0 saturated carbocycles. The van der Waals surface area contributed by atoms with E-state index in [0.29, 0.717) is 5.02 Å². The summed E-state index contributed by atoms with van der Waals surface area (Å²) in [6.07, 6.45) is 2.35. The molecular formula is C13H17ClO2S. The van der Waals surface area contributed by atoms with Gasteiger partial charge in [0.2, 0.25) is 0 Å². The van der Waals surface area contributed by atoms with Gasteiger partial charge in [0.1, 0.15) is 0 Å². The van der Waals surface area contributed by atoms with Crippen LogP contribution in [0, 0.1) is 5.92 Å². The summed E-state index contributed by atoms with van der Waals surface area (Å²) in [5.74, 6) is 0.758. The Labute approximate surface area is 111 Å². The molecule has 4 heteroatoms. The molecule has 0 aromatic heterocycles. The van der Waals surface area contributed by atoms with Crippen LogP contribution >= 0.6 is 23.4 Å². The number of carbonyl (C=O) groups is 1. The first-order valence-corrected chi connectivity index (χ1v) is 7.02. The Bertz CT molecular complexity index is 391. The highest BCUT2D eigenvalue weighted by Crippen LogP contribution is 2.25. The predicted octanol–water partition coefficient (Wildman–Crippen LogP) is 4.57. The summed E-state index contributed by atoms with van der Waals surface area (Å²) >= 11 is 7.48. The normalized spacial score (nSPS) is 10.8. The molecule has 0 heterocycles. The molecule has 0 aliphatic carbocycles. The first-order chi connectivity index (χ1) is 8.00. The van der Waals surface area contributed by atoms with Crippen molar-refractivity contribution in [3.63, 3.8) is 0 Å². The Morgan fingerprint density at radius 2 is 2.18 bits per heavy atom. The van der Waals surface area contributed by atoms with E-state index in [1.807, 2.05) is 6.07 Å². The van der Waals surface area contributed by atoms with Crippen molar-refractivity contribution in [2.45, 2.75) is 31.6 Å². The Morgan fingerprint density at radius 1 is 1.47 bits per heavy atom. The van der Waals surface area contributed by atoms with Gasteiger partial charge in [0.15, 0.2) is 0 Å². The van der Waals surface area contributed by atoms with Gasteiger partial charge in [-0.05, 0) is 36.3 Å². The van der Waals surface area contributed by atoms with Gasteiger partial charge in [0, 0.05) is 4.90 Å². The topological polar surface area (TPSA) is 37.3 Å². The van der Waals surface area contributed by atoms with E-state index in [1.54, 1.807) is 23.9 Å². The van der Waals surface area contributed by atoms with Crippen LogP contribution in [0.15, 0.2) is 23.1 Å². The summed E-state index contributed by atoms with van der Waals surface area (Å²) < 4.78 is 0. The van der Waals surface area contributed by atoms with Crippen molar-refractivity contribution < 1.29 is 9.90 Å². The highest BCUT2D eigenvalue weighted by molar-refractivity contribution is 7.99. The molecule has 0 fully saturated rings. The minimum Gasteiger partial charge on any atom is -0.478 e. The van der Waals surface area contributed by atoms with Crippen LogP contribution in [0.3, 0.4) is 0 Å². The number of thioether (sulfide) groups is 1. The second-order valence-corrected chi connectivity index (χ2v) is 5.91. The van der Waals surface area contributed by atoms with Crippen molar-refractivity contribution in [1.82, 2.24) is 0 Å². The fraction of sp³-hybridized carbons (Fsp3) is 0.462. The molecule has 0 radical (unpaired) electrons. The Hall–Kier alpha value is -0.670. The van der Waals surface area contributed by atoms with E-state index in [4.69, 9.17) is 16.7 Å². The van der Waals surface area contributed by atoms with E-state index in [9.17, 15) is 4.79 Å². The summed E-state index contributed by atoms with van der Waals surface area (Å²) in [7, 11) is 0. The number of rotatable bonds is 6. The van der Waals surface area contributed by atoms with Gasteiger partial charge in [0.25, 0.3) is 0 Å². The molecule has 0 aliphatic rings. The molecule has 0 bridgehead atoms. The van der Waals surface area contributed by atoms with E-state index >= 15 is 0 Å². The SMILES string of the molecule is CC(C)CCCSc1ccc(Cl)c(C(=O)O)c1. The molecule has 1 aromatic carbocycles. The van der Waals surface area contributed by atoms with Crippen LogP contribution in [0.25, 0.3) is 0 Å². The van der Waals surface area contributed by atoms with Crippen LogP contribution < -0.4 is 0 Å². The molecule has 0 spiro atoms. The van der Waals surface area contributed by atoms with E-state index in [0.717, 1.165) is 23.0 Å². The van der Waals surface area contributed by atoms with Crippen LogP contribution in [0.1, 0.15) is 37.0 Å². The monoisotopic (exact) mass is 272 g/mol. The maximum Gasteiger partial charge on any atom is 0.337 e. The van der Waals surface area contributed by atoms with Crippen LogP contribution in [0.5, 0.6) is 0 Å². The molecular weight excluding hydrogens is 256 g/mol. The molecule has 1 aromatic rings. The Morgan fingerprint density at radius 3 is 2.76 bits per heavy atom. The molecule has 1 rings (SSSR count). The van der Waals surface area contributed by atoms with Crippen molar-refractivity contribution in [2.75, 3.05) is 5.75 Å². The summed E-state index contributed by atoms with van der Waals surface area (Å²) in [4.78, 5) is 11.9. The molecule has 17 heavy (non-hydrogen) atoms. The van der Waals surface area contributed by atoms with Crippen molar-refractivity contribution in [3.05, 3.63) is 28.8 Å².